The number of amides is 1. The third-order valence-corrected chi connectivity index (χ3v) is 4.37. The lowest BCUT2D eigenvalue weighted by molar-refractivity contribution is 0.102. The molecule has 7 nitrogen and oxygen atoms in total. The van der Waals surface area contributed by atoms with Gasteiger partial charge in [0.2, 0.25) is 11.7 Å². The van der Waals surface area contributed by atoms with E-state index in [1.807, 2.05) is 55.5 Å². The van der Waals surface area contributed by atoms with Crippen LogP contribution in [0.1, 0.15) is 29.0 Å². The summed E-state index contributed by atoms with van der Waals surface area (Å²) in [4.78, 5) is 16.8. The van der Waals surface area contributed by atoms with Crippen LogP contribution in [0.3, 0.4) is 0 Å². The average Bonchev–Trinajstić information content (AvgIpc) is 3.27. The number of carbonyl (C=O) groups is 1. The van der Waals surface area contributed by atoms with Gasteiger partial charge < -0.3 is 19.3 Å². The van der Waals surface area contributed by atoms with Gasteiger partial charge in [0.25, 0.3) is 5.91 Å². The van der Waals surface area contributed by atoms with E-state index in [9.17, 15) is 4.79 Å². The molecule has 1 amide bonds. The van der Waals surface area contributed by atoms with Crippen molar-refractivity contribution in [3.05, 3.63) is 96.1 Å². The topological polar surface area (TPSA) is 86.5 Å². The van der Waals surface area contributed by atoms with Gasteiger partial charge in [-0.05, 0) is 48.5 Å². The van der Waals surface area contributed by atoms with Crippen molar-refractivity contribution in [2.75, 3.05) is 5.32 Å². The number of ether oxygens (including phenoxy) is 2. The molecule has 31 heavy (non-hydrogen) atoms. The lowest BCUT2D eigenvalue weighted by atomic mass is 10.2. The first-order chi connectivity index (χ1) is 15.2. The average molecular weight is 415 g/mol. The van der Waals surface area contributed by atoms with Crippen LogP contribution in [0.15, 0.2) is 83.4 Å². The van der Waals surface area contributed by atoms with Crippen LogP contribution >= 0.6 is 0 Å². The summed E-state index contributed by atoms with van der Waals surface area (Å²) >= 11 is 0. The van der Waals surface area contributed by atoms with Crippen molar-refractivity contribution in [1.29, 1.82) is 0 Å². The van der Waals surface area contributed by atoms with Crippen LogP contribution in [0.25, 0.3) is 0 Å². The van der Waals surface area contributed by atoms with E-state index in [4.69, 9.17) is 14.0 Å². The smallest absolute Gasteiger partial charge is 0.255 e. The molecule has 4 rings (SSSR count). The number of hydrogen-bond acceptors (Lipinski definition) is 6. The number of hydrogen-bond donors (Lipinski definition) is 1. The molecule has 0 radical (unpaired) electrons. The van der Waals surface area contributed by atoms with Crippen LogP contribution in [0.2, 0.25) is 0 Å². The summed E-state index contributed by atoms with van der Waals surface area (Å²) in [6.45, 7) is 2.14. The molecular formula is C24H21N3O4. The van der Waals surface area contributed by atoms with E-state index >= 15 is 0 Å². The highest BCUT2D eigenvalue weighted by Crippen LogP contribution is 2.24. The molecular weight excluding hydrogens is 394 g/mol. The van der Waals surface area contributed by atoms with Gasteiger partial charge in [-0.1, -0.05) is 36.3 Å². The van der Waals surface area contributed by atoms with E-state index in [0.717, 1.165) is 5.75 Å². The van der Waals surface area contributed by atoms with Gasteiger partial charge in [-0.2, -0.15) is 4.98 Å². The maximum absolute atomic E-state index is 12.6. The van der Waals surface area contributed by atoms with Gasteiger partial charge in [0.1, 0.15) is 17.2 Å². The van der Waals surface area contributed by atoms with Crippen LogP contribution in [0.5, 0.6) is 17.2 Å². The number of benzene rings is 3. The molecule has 0 bridgehead atoms. The molecule has 0 fully saturated rings. The van der Waals surface area contributed by atoms with Gasteiger partial charge in [-0.25, -0.2) is 0 Å². The van der Waals surface area contributed by atoms with E-state index in [1.165, 1.54) is 0 Å². The van der Waals surface area contributed by atoms with Gasteiger partial charge in [0.05, 0.1) is 0 Å². The zero-order valence-corrected chi connectivity index (χ0v) is 16.9. The normalized spacial score (nSPS) is 10.5. The first kappa shape index (κ1) is 20.2. The van der Waals surface area contributed by atoms with Gasteiger partial charge in [-0.3, -0.25) is 4.79 Å². The molecule has 0 unspecified atom stereocenters. The predicted molar refractivity (Wildman–Crippen MR) is 115 cm³/mol. The Kier molecular flexibility index (Phi) is 6.23. The molecule has 0 spiro atoms. The fraction of sp³-hybridized carbons (Fsp3) is 0.125. The number of nitrogens with one attached hydrogen (secondary N) is 1. The summed E-state index contributed by atoms with van der Waals surface area (Å²) in [6.07, 6.45) is 0.679. The highest BCUT2D eigenvalue weighted by atomic mass is 16.5. The lowest BCUT2D eigenvalue weighted by Gasteiger charge is -2.09. The minimum atomic E-state index is -0.228. The fourth-order valence-corrected chi connectivity index (χ4v) is 2.81. The molecule has 0 saturated carbocycles. The largest absolute Gasteiger partial charge is 0.485 e. The minimum absolute atomic E-state index is 0.198. The number of anilines is 1. The van der Waals surface area contributed by atoms with Crippen molar-refractivity contribution >= 4 is 11.6 Å². The third-order valence-electron chi connectivity index (χ3n) is 4.37. The Morgan fingerprint density at radius 2 is 1.71 bits per heavy atom. The Labute approximate surface area is 179 Å². The molecule has 0 saturated heterocycles. The second-order valence-corrected chi connectivity index (χ2v) is 6.67. The third kappa shape index (κ3) is 5.48. The number of carbonyl (C=O) groups excluding carboxylic acids is 1. The minimum Gasteiger partial charge on any atom is -0.485 e. The van der Waals surface area contributed by atoms with Crippen molar-refractivity contribution in [2.45, 2.75) is 20.0 Å². The SMILES string of the molecule is CCc1nc(COc2ccc(C(=O)Nc3cccc(Oc4ccccc4)c3)cc2)no1. The molecule has 0 aliphatic heterocycles. The summed E-state index contributed by atoms with van der Waals surface area (Å²) < 4.78 is 16.5. The van der Waals surface area contributed by atoms with E-state index < -0.39 is 0 Å². The maximum atomic E-state index is 12.6. The van der Waals surface area contributed by atoms with Crippen LogP contribution in [-0.4, -0.2) is 16.0 Å². The second-order valence-electron chi connectivity index (χ2n) is 6.67. The van der Waals surface area contributed by atoms with Crippen molar-refractivity contribution in [3.63, 3.8) is 0 Å². The molecule has 1 N–H and O–H groups in total. The molecule has 0 aliphatic rings. The van der Waals surface area contributed by atoms with E-state index in [1.54, 1.807) is 30.3 Å². The highest BCUT2D eigenvalue weighted by molar-refractivity contribution is 6.04. The molecule has 1 aromatic heterocycles. The summed E-state index contributed by atoms with van der Waals surface area (Å²) in [6, 6.07) is 23.6. The zero-order chi connectivity index (χ0) is 21.5. The summed E-state index contributed by atoms with van der Waals surface area (Å²) in [5.74, 6) is 2.81. The number of aromatic nitrogens is 2. The predicted octanol–water partition coefficient (Wildman–Crippen LogP) is 5.26. The summed E-state index contributed by atoms with van der Waals surface area (Å²) in [5, 5.41) is 6.72. The van der Waals surface area contributed by atoms with Crippen LogP contribution in [0, 0.1) is 0 Å². The molecule has 1 heterocycles. The summed E-state index contributed by atoms with van der Waals surface area (Å²) in [7, 11) is 0. The first-order valence-corrected chi connectivity index (χ1v) is 9.88. The van der Waals surface area contributed by atoms with Gasteiger partial charge in [-0.15, -0.1) is 0 Å². The maximum Gasteiger partial charge on any atom is 0.255 e. The Morgan fingerprint density at radius 1 is 0.935 bits per heavy atom. The van der Waals surface area contributed by atoms with Gasteiger partial charge in [0.15, 0.2) is 6.61 Å². The number of para-hydroxylation sites is 1. The first-order valence-electron chi connectivity index (χ1n) is 9.88. The molecule has 4 aromatic rings. The van der Waals surface area contributed by atoms with E-state index in [0.29, 0.717) is 40.9 Å². The Balaban J connectivity index is 1.34. The lowest BCUT2D eigenvalue weighted by Crippen LogP contribution is -2.11. The quantitative estimate of drug-likeness (QED) is 0.423. The number of aryl methyl sites for hydroxylation is 1. The highest BCUT2D eigenvalue weighted by Gasteiger charge is 2.09. The van der Waals surface area contributed by atoms with Crippen LogP contribution in [0.4, 0.5) is 5.69 Å². The molecule has 0 atom stereocenters. The molecule has 7 heteroatoms. The Bertz CT molecular complexity index is 1140. The summed E-state index contributed by atoms with van der Waals surface area (Å²) in [5.41, 5.74) is 1.15. The molecule has 156 valence electrons. The van der Waals surface area contributed by atoms with Crippen LogP contribution in [-0.2, 0) is 13.0 Å². The Morgan fingerprint density at radius 3 is 2.45 bits per heavy atom. The number of rotatable bonds is 8. The monoisotopic (exact) mass is 415 g/mol. The zero-order valence-electron chi connectivity index (χ0n) is 16.9. The fourth-order valence-electron chi connectivity index (χ4n) is 2.81. The molecule has 3 aromatic carbocycles. The van der Waals surface area contributed by atoms with Gasteiger partial charge in [0, 0.05) is 23.7 Å². The van der Waals surface area contributed by atoms with Crippen LogP contribution < -0.4 is 14.8 Å². The standard InChI is InChI=1S/C24H21N3O4/c1-2-23-26-22(27-31-23)16-29-19-13-11-17(12-14-19)24(28)25-18-7-6-10-21(15-18)30-20-8-4-3-5-9-20/h3-15H,2,16H2,1H3,(H,25,28). The second kappa shape index (κ2) is 9.58. The van der Waals surface area contributed by atoms with Crippen molar-refractivity contribution < 1.29 is 18.8 Å². The van der Waals surface area contributed by atoms with E-state index in [-0.39, 0.29) is 12.5 Å². The van der Waals surface area contributed by atoms with Gasteiger partial charge >= 0.3 is 0 Å². The molecule has 0 aliphatic carbocycles. The van der Waals surface area contributed by atoms with Crippen molar-refractivity contribution in [1.82, 2.24) is 10.1 Å². The van der Waals surface area contributed by atoms with E-state index in [2.05, 4.69) is 15.5 Å². The number of nitrogens with zero attached hydrogens (tertiary/aromatic N) is 2. The Hall–Kier alpha value is -4.13. The van der Waals surface area contributed by atoms with Crippen molar-refractivity contribution in [3.8, 4) is 17.2 Å². The van der Waals surface area contributed by atoms with Crippen molar-refractivity contribution in [2.24, 2.45) is 0 Å².